The summed E-state index contributed by atoms with van der Waals surface area (Å²) in [5.41, 5.74) is 2.58. The highest BCUT2D eigenvalue weighted by atomic mass is 35.5. The molecule has 0 fully saturated rings. The number of benzene rings is 1. The topological polar surface area (TPSA) is 0 Å². The van der Waals surface area contributed by atoms with Crippen LogP contribution in [-0.4, -0.2) is 0 Å². The van der Waals surface area contributed by atoms with Gasteiger partial charge in [-0.15, -0.1) is 22.7 Å². The highest BCUT2D eigenvalue weighted by Crippen LogP contribution is 2.38. The summed E-state index contributed by atoms with van der Waals surface area (Å²) in [6, 6.07) is 14.6. The summed E-state index contributed by atoms with van der Waals surface area (Å²) in [6.07, 6.45) is 0. The molecule has 0 atom stereocenters. The molecule has 0 bridgehead atoms. The highest BCUT2D eigenvalue weighted by Gasteiger charge is 2.08. The van der Waals surface area contributed by atoms with Crippen LogP contribution < -0.4 is 0 Å². The fraction of sp³-hybridized carbons (Fsp3) is 0.0667. The molecule has 18 heavy (non-hydrogen) atoms. The zero-order chi connectivity index (χ0) is 12.5. The first-order chi connectivity index (χ1) is 8.74. The van der Waals surface area contributed by atoms with Crippen LogP contribution in [0.3, 0.4) is 0 Å². The Morgan fingerprint density at radius 3 is 2.28 bits per heavy atom. The monoisotopic (exact) mass is 290 g/mol. The van der Waals surface area contributed by atoms with Gasteiger partial charge in [0, 0.05) is 19.7 Å². The smallest absolute Gasteiger partial charge is 0.0471 e. The van der Waals surface area contributed by atoms with Gasteiger partial charge in [-0.3, -0.25) is 0 Å². The van der Waals surface area contributed by atoms with Crippen LogP contribution in [0.15, 0.2) is 47.8 Å². The standard InChI is InChI=1S/C15H11ClS2/c1-10-8-9-17-15(10)14-7-6-13(18-14)11-2-4-12(16)5-3-11/h2-9H,1H3. The summed E-state index contributed by atoms with van der Waals surface area (Å²) in [6.45, 7) is 2.16. The summed E-state index contributed by atoms with van der Waals surface area (Å²) in [5, 5.41) is 2.93. The van der Waals surface area contributed by atoms with Crippen molar-refractivity contribution < 1.29 is 0 Å². The number of hydrogen-bond donors (Lipinski definition) is 0. The van der Waals surface area contributed by atoms with Crippen LogP contribution in [0.5, 0.6) is 0 Å². The second-order valence-electron chi connectivity index (χ2n) is 4.10. The van der Waals surface area contributed by atoms with Gasteiger partial charge in [0.25, 0.3) is 0 Å². The first-order valence-corrected chi connectivity index (χ1v) is 7.72. The van der Waals surface area contributed by atoms with Gasteiger partial charge >= 0.3 is 0 Å². The molecule has 0 aliphatic carbocycles. The SMILES string of the molecule is Cc1ccsc1-c1ccc(-c2ccc(Cl)cc2)s1. The Labute approximate surface area is 119 Å². The van der Waals surface area contributed by atoms with Gasteiger partial charge in [0.1, 0.15) is 0 Å². The second kappa shape index (κ2) is 4.88. The Balaban J connectivity index is 1.99. The normalized spacial score (nSPS) is 10.8. The van der Waals surface area contributed by atoms with Gasteiger partial charge in [0.05, 0.1) is 0 Å². The lowest BCUT2D eigenvalue weighted by Gasteiger charge is -1.97. The van der Waals surface area contributed by atoms with Gasteiger partial charge < -0.3 is 0 Å². The van der Waals surface area contributed by atoms with Crippen molar-refractivity contribution in [1.82, 2.24) is 0 Å². The second-order valence-corrected chi connectivity index (χ2v) is 6.54. The summed E-state index contributed by atoms with van der Waals surface area (Å²) < 4.78 is 0. The van der Waals surface area contributed by atoms with E-state index in [2.05, 4.69) is 42.6 Å². The maximum Gasteiger partial charge on any atom is 0.0471 e. The molecule has 0 unspecified atom stereocenters. The first-order valence-electron chi connectivity index (χ1n) is 5.64. The Morgan fingerprint density at radius 1 is 0.889 bits per heavy atom. The van der Waals surface area contributed by atoms with Crippen LogP contribution in [0.4, 0.5) is 0 Å². The lowest BCUT2D eigenvalue weighted by atomic mass is 10.2. The largest absolute Gasteiger partial charge is 0.143 e. The molecular weight excluding hydrogens is 280 g/mol. The van der Waals surface area contributed by atoms with Crippen LogP contribution in [0.25, 0.3) is 20.2 Å². The van der Waals surface area contributed by atoms with E-state index < -0.39 is 0 Å². The Bertz CT molecular complexity index is 662. The van der Waals surface area contributed by atoms with Crippen molar-refractivity contribution in [2.24, 2.45) is 0 Å². The third-order valence-electron chi connectivity index (χ3n) is 2.82. The van der Waals surface area contributed by atoms with Gasteiger partial charge in [-0.25, -0.2) is 0 Å². The molecule has 3 rings (SSSR count). The molecule has 0 saturated heterocycles. The van der Waals surface area contributed by atoms with Gasteiger partial charge in [-0.2, -0.15) is 0 Å². The van der Waals surface area contributed by atoms with Crippen molar-refractivity contribution >= 4 is 34.3 Å². The van der Waals surface area contributed by atoms with E-state index in [1.807, 2.05) is 23.5 Å². The molecule has 3 heteroatoms. The van der Waals surface area contributed by atoms with Crippen LogP contribution >= 0.6 is 34.3 Å². The van der Waals surface area contributed by atoms with E-state index in [0.29, 0.717) is 0 Å². The van der Waals surface area contributed by atoms with Crippen LogP contribution in [-0.2, 0) is 0 Å². The molecule has 0 nitrogen and oxygen atoms in total. The van der Waals surface area contributed by atoms with Crippen molar-refractivity contribution in [2.45, 2.75) is 6.92 Å². The maximum absolute atomic E-state index is 5.91. The number of thiophene rings is 2. The van der Waals surface area contributed by atoms with E-state index in [1.165, 1.54) is 25.8 Å². The summed E-state index contributed by atoms with van der Waals surface area (Å²) >= 11 is 9.55. The van der Waals surface area contributed by atoms with E-state index >= 15 is 0 Å². The fourth-order valence-corrected chi connectivity index (χ4v) is 4.11. The van der Waals surface area contributed by atoms with Crippen LogP contribution in [0, 0.1) is 6.92 Å². The lowest BCUT2D eigenvalue weighted by molar-refractivity contribution is 1.56. The summed E-state index contributed by atoms with van der Waals surface area (Å²) in [7, 11) is 0. The Morgan fingerprint density at radius 2 is 1.61 bits per heavy atom. The zero-order valence-corrected chi connectivity index (χ0v) is 12.2. The minimum absolute atomic E-state index is 0.782. The average molecular weight is 291 g/mol. The van der Waals surface area contributed by atoms with Crippen molar-refractivity contribution in [2.75, 3.05) is 0 Å². The fourth-order valence-electron chi connectivity index (χ4n) is 1.85. The maximum atomic E-state index is 5.91. The minimum atomic E-state index is 0.782. The molecule has 2 aromatic heterocycles. The van der Waals surface area contributed by atoms with E-state index in [1.54, 1.807) is 11.3 Å². The van der Waals surface area contributed by atoms with E-state index in [0.717, 1.165) is 5.02 Å². The molecule has 0 saturated carbocycles. The predicted molar refractivity (Wildman–Crippen MR) is 82.8 cm³/mol. The summed E-state index contributed by atoms with van der Waals surface area (Å²) in [4.78, 5) is 4.00. The molecule has 0 N–H and O–H groups in total. The van der Waals surface area contributed by atoms with Crippen molar-refractivity contribution in [3.8, 4) is 20.2 Å². The third kappa shape index (κ3) is 2.24. The molecule has 1 aromatic carbocycles. The molecule has 0 aliphatic rings. The number of aryl methyl sites for hydroxylation is 1. The van der Waals surface area contributed by atoms with Gasteiger partial charge in [0.2, 0.25) is 0 Å². The van der Waals surface area contributed by atoms with Gasteiger partial charge in [-0.1, -0.05) is 23.7 Å². The average Bonchev–Trinajstić information content (AvgIpc) is 2.98. The number of halogens is 1. The molecule has 0 radical (unpaired) electrons. The molecule has 0 aliphatic heterocycles. The molecule has 2 heterocycles. The Hall–Kier alpha value is -1.09. The predicted octanol–water partition coefficient (Wildman–Crippen LogP) is 6.11. The molecule has 90 valence electrons. The zero-order valence-electron chi connectivity index (χ0n) is 9.81. The lowest BCUT2D eigenvalue weighted by Crippen LogP contribution is -1.70. The van der Waals surface area contributed by atoms with Crippen LogP contribution in [0.1, 0.15) is 5.56 Å². The molecule has 0 amide bonds. The number of rotatable bonds is 2. The van der Waals surface area contributed by atoms with E-state index in [-0.39, 0.29) is 0 Å². The highest BCUT2D eigenvalue weighted by molar-refractivity contribution is 7.23. The summed E-state index contributed by atoms with van der Waals surface area (Å²) in [5.74, 6) is 0. The van der Waals surface area contributed by atoms with E-state index in [4.69, 9.17) is 11.6 Å². The molecule has 0 spiro atoms. The molecule has 3 aromatic rings. The Kier molecular flexibility index (Phi) is 3.25. The van der Waals surface area contributed by atoms with Crippen LogP contribution in [0.2, 0.25) is 5.02 Å². The van der Waals surface area contributed by atoms with Gasteiger partial charge in [-0.05, 0) is 53.8 Å². The van der Waals surface area contributed by atoms with Crippen molar-refractivity contribution in [3.63, 3.8) is 0 Å². The van der Waals surface area contributed by atoms with Gasteiger partial charge in [0.15, 0.2) is 0 Å². The third-order valence-corrected chi connectivity index (χ3v) is 5.40. The first kappa shape index (κ1) is 12.0. The minimum Gasteiger partial charge on any atom is -0.143 e. The molecular formula is C15H11ClS2. The number of hydrogen-bond acceptors (Lipinski definition) is 2. The van der Waals surface area contributed by atoms with E-state index in [9.17, 15) is 0 Å². The van der Waals surface area contributed by atoms with Crippen molar-refractivity contribution in [3.05, 3.63) is 58.4 Å². The quantitative estimate of drug-likeness (QED) is 0.534. The van der Waals surface area contributed by atoms with Crippen molar-refractivity contribution in [1.29, 1.82) is 0 Å².